The predicted octanol–water partition coefficient (Wildman–Crippen LogP) is 4.71. The summed E-state index contributed by atoms with van der Waals surface area (Å²) >= 11 is 13.0. The quantitative estimate of drug-likeness (QED) is 0.192. The van der Waals surface area contributed by atoms with Gasteiger partial charge >= 0.3 is 0 Å². The second kappa shape index (κ2) is 13.2. The molecular weight excluding hydrogens is 570 g/mol. The van der Waals surface area contributed by atoms with Gasteiger partial charge in [0.2, 0.25) is 5.95 Å². The summed E-state index contributed by atoms with van der Waals surface area (Å²) in [6.07, 6.45) is 2.48. The highest BCUT2D eigenvalue weighted by Gasteiger charge is 2.18. The van der Waals surface area contributed by atoms with Crippen LogP contribution in [0.5, 0.6) is 5.75 Å². The number of hydrazone groups is 1. The van der Waals surface area contributed by atoms with Crippen molar-refractivity contribution in [2.24, 2.45) is 5.10 Å². The minimum atomic E-state index is -0.522. The number of piperazine rings is 1. The van der Waals surface area contributed by atoms with Gasteiger partial charge in [-0.15, -0.1) is 0 Å². The van der Waals surface area contributed by atoms with Gasteiger partial charge in [0.15, 0.2) is 11.6 Å². The summed E-state index contributed by atoms with van der Waals surface area (Å²) in [5, 5.41) is 18.8. The van der Waals surface area contributed by atoms with Crippen molar-refractivity contribution in [1.29, 1.82) is 0 Å². The maximum Gasteiger partial charge on any atom is 0.245 e. The zero-order chi connectivity index (χ0) is 28.9. The highest BCUT2D eigenvalue weighted by Crippen LogP contribution is 2.35. The third-order valence-electron chi connectivity index (χ3n) is 7.12. The molecule has 13 heteroatoms. The van der Waals surface area contributed by atoms with E-state index in [0.717, 1.165) is 55.7 Å². The first-order valence-corrected chi connectivity index (χ1v) is 14.2. The first-order chi connectivity index (χ1) is 19.8. The Morgan fingerprint density at radius 2 is 1.83 bits per heavy atom. The van der Waals surface area contributed by atoms with Crippen molar-refractivity contribution in [3.05, 3.63) is 63.0 Å². The van der Waals surface area contributed by atoms with Gasteiger partial charge in [-0.05, 0) is 43.3 Å². The van der Waals surface area contributed by atoms with Crippen LogP contribution in [0.25, 0.3) is 0 Å². The molecule has 2 aromatic carbocycles. The van der Waals surface area contributed by atoms with E-state index in [4.69, 9.17) is 27.9 Å². The van der Waals surface area contributed by atoms with Crippen LogP contribution in [0.3, 0.4) is 0 Å². The van der Waals surface area contributed by atoms with Gasteiger partial charge in [0.25, 0.3) is 0 Å². The first kappa shape index (κ1) is 29.3. The molecule has 0 amide bonds. The van der Waals surface area contributed by atoms with Gasteiger partial charge in [0.1, 0.15) is 5.75 Å². The molecule has 3 N–H and O–H groups in total. The molecule has 1 aromatic heterocycles. The smallest absolute Gasteiger partial charge is 0.245 e. The lowest BCUT2D eigenvalue weighted by Crippen LogP contribution is -2.43. The molecule has 0 aliphatic carbocycles. The fourth-order valence-corrected chi connectivity index (χ4v) is 5.40. The van der Waals surface area contributed by atoms with Gasteiger partial charge in [-0.1, -0.05) is 29.3 Å². The number of nitrogens with zero attached hydrogens (tertiary/aromatic N) is 6. The summed E-state index contributed by atoms with van der Waals surface area (Å²) < 4.78 is 19.6. The summed E-state index contributed by atoms with van der Waals surface area (Å²) in [4.78, 5) is 14.8. The van der Waals surface area contributed by atoms with Crippen molar-refractivity contribution in [2.45, 2.75) is 13.5 Å². The number of likely N-dealkylation sites (N-methyl/N-ethyl adjacent to an activating group) is 1. The Balaban J connectivity index is 1.28. The topological polar surface area (TPSA) is 101 Å². The van der Waals surface area contributed by atoms with Gasteiger partial charge in [-0.25, -0.2) is 14.8 Å². The fraction of sp³-hybridized carbons (Fsp3) is 0.393. The van der Waals surface area contributed by atoms with E-state index in [1.165, 1.54) is 6.21 Å². The number of ether oxygens (including phenoxy) is 1. The third kappa shape index (κ3) is 7.35. The molecule has 2 aliphatic rings. The zero-order valence-corrected chi connectivity index (χ0v) is 24.5. The highest BCUT2D eigenvalue weighted by molar-refractivity contribution is 6.34. The van der Waals surface area contributed by atoms with Crippen molar-refractivity contribution in [2.75, 3.05) is 75.2 Å². The number of aromatic nitrogens is 2. The summed E-state index contributed by atoms with van der Waals surface area (Å²) in [5.41, 5.74) is 6.58. The van der Waals surface area contributed by atoms with Crippen LogP contribution in [-0.4, -0.2) is 90.6 Å². The Labute approximate surface area is 248 Å². The van der Waals surface area contributed by atoms with Crippen LogP contribution >= 0.6 is 23.2 Å². The van der Waals surface area contributed by atoms with Gasteiger partial charge in [0.05, 0.1) is 41.4 Å². The van der Waals surface area contributed by atoms with E-state index >= 15 is 0 Å². The maximum atomic E-state index is 14.3. The third-order valence-corrected chi connectivity index (χ3v) is 7.70. The summed E-state index contributed by atoms with van der Waals surface area (Å²) in [5.74, 6) is -0.365. The second-order valence-electron chi connectivity index (χ2n) is 10.2. The number of rotatable bonds is 8. The SMILES string of the molecule is Cc1cc(CN2CCN(C)CC2)cc(Cl)c1Nc1cc(Cl)c(O)c(/C=N/Nc2ncc(F)c(N3CCOCC3)n2)c1. The lowest BCUT2D eigenvalue weighted by atomic mass is 10.1. The normalized spacial score (nSPS) is 16.9. The molecule has 3 aromatic rings. The lowest BCUT2D eigenvalue weighted by Gasteiger charge is -2.32. The summed E-state index contributed by atoms with van der Waals surface area (Å²) in [6, 6.07) is 7.43. The average Bonchev–Trinajstić information content (AvgIpc) is 2.96. The number of morpholine rings is 1. The Hall–Kier alpha value is -3.22. The maximum absolute atomic E-state index is 14.3. The van der Waals surface area contributed by atoms with Crippen LogP contribution in [0.15, 0.2) is 35.6 Å². The van der Waals surface area contributed by atoms with Crippen LogP contribution in [0.4, 0.5) is 27.5 Å². The average molecular weight is 604 g/mol. The summed E-state index contributed by atoms with van der Waals surface area (Å²) in [7, 11) is 2.14. The van der Waals surface area contributed by atoms with Gasteiger partial charge in [0, 0.05) is 57.1 Å². The van der Waals surface area contributed by atoms with Gasteiger partial charge < -0.3 is 25.0 Å². The van der Waals surface area contributed by atoms with Crippen LogP contribution in [0, 0.1) is 12.7 Å². The number of halogens is 3. The number of phenolic OH excluding ortho intramolecular Hbond substituents is 1. The van der Waals surface area contributed by atoms with Gasteiger partial charge in [-0.2, -0.15) is 10.1 Å². The van der Waals surface area contributed by atoms with E-state index in [1.807, 2.05) is 13.0 Å². The predicted molar refractivity (Wildman–Crippen MR) is 162 cm³/mol. The van der Waals surface area contributed by atoms with E-state index in [1.54, 1.807) is 17.0 Å². The highest BCUT2D eigenvalue weighted by atomic mass is 35.5. The minimum Gasteiger partial charge on any atom is -0.506 e. The van der Waals surface area contributed by atoms with E-state index in [-0.39, 0.29) is 22.5 Å². The van der Waals surface area contributed by atoms with Crippen molar-refractivity contribution in [3.8, 4) is 5.75 Å². The monoisotopic (exact) mass is 602 g/mol. The molecule has 0 spiro atoms. The molecule has 0 unspecified atom stereocenters. The second-order valence-corrected chi connectivity index (χ2v) is 11.0. The number of aromatic hydroxyl groups is 1. The number of aryl methyl sites for hydroxylation is 1. The Bertz CT molecular complexity index is 1390. The molecule has 2 saturated heterocycles. The van der Waals surface area contributed by atoms with Crippen LogP contribution < -0.4 is 15.6 Å². The number of benzene rings is 2. The molecule has 0 bridgehead atoms. The number of hydrogen-bond acceptors (Lipinski definition) is 10. The van der Waals surface area contributed by atoms with E-state index in [2.05, 4.69) is 48.7 Å². The standard InChI is InChI=1S/C28H33Cl2FN8O2/c1-18-11-19(17-38-5-3-37(2)4-6-38)12-22(29)25(18)34-21-13-20(26(40)23(30)14-21)15-33-36-28-32-16-24(31)27(35-28)39-7-9-41-10-8-39/h11-16,34,40H,3-10,17H2,1-2H3,(H,32,35,36)/b33-15+. The largest absolute Gasteiger partial charge is 0.506 e. The molecule has 10 nitrogen and oxygen atoms in total. The number of hydrogen-bond donors (Lipinski definition) is 3. The number of phenols is 1. The molecule has 0 radical (unpaired) electrons. The van der Waals surface area contributed by atoms with E-state index in [9.17, 15) is 9.50 Å². The first-order valence-electron chi connectivity index (χ1n) is 13.4. The van der Waals surface area contributed by atoms with Crippen molar-refractivity contribution >= 4 is 52.6 Å². The van der Waals surface area contributed by atoms with Crippen LogP contribution in [-0.2, 0) is 11.3 Å². The molecule has 0 saturated carbocycles. The number of nitrogens with one attached hydrogen (secondary N) is 2. The lowest BCUT2D eigenvalue weighted by molar-refractivity contribution is 0.122. The minimum absolute atomic E-state index is 0.114. The van der Waals surface area contributed by atoms with E-state index < -0.39 is 5.82 Å². The molecule has 218 valence electrons. The molecule has 2 fully saturated rings. The Kier molecular flexibility index (Phi) is 9.41. The van der Waals surface area contributed by atoms with Gasteiger partial charge in [-0.3, -0.25) is 4.90 Å². The molecule has 0 atom stereocenters. The molecule has 3 heterocycles. The summed E-state index contributed by atoms with van der Waals surface area (Å²) in [6.45, 7) is 9.09. The molecular formula is C28H33Cl2FN8O2. The zero-order valence-electron chi connectivity index (χ0n) is 23.0. The Morgan fingerprint density at radius 1 is 1.07 bits per heavy atom. The number of anilines is 4. The fourth-order valence-electron chi connectivity index (χ4n) is 4.83. The molecule has 5 rings (SSSR count). The van der Waals surface area contributed by atoms with Crippen LogP contribution in [0.2, 0.25) is 10.0 Å². The van der Waals surface area contributed by atoms with Crippen molar-refractivity contribution in [1.82, 2.24) is 19.8 Å². The molecule has 41 heavy (non-hydrogen) atoms. The van der Waals surface area contributed by atoms with E-state index in [0.29, 0.717) is 42.6 Å². The Morgan fingerprint density at radius 3 is 2.56 bits per heavy atom. The van der Waals surface area contributed by atoms with Crippen molar-refractivity contribution in [3.63, 3.8) is 0 Å². The van der Waals surface area contributed by atoms with Crippen molar-refractivity contribution < 1.29 is 14.2 Å². The van der Waals surface area contributed by atoms with Crippen LogP contribution in [0.1, 0.15) is 16.7 Å². The molecule has 2 aliphatic heterocycles.